The zero-order valence-electron chi connectivity index (χ0n) is 10.4. The number of thiophene rings is 1. The minimum absolute atomic E-state index is 0.00264. The standard InChI is InChI=1S/C12H20N2OS2/c1-3-6-14(4-2)7-5-13-12(15)11-8-10(16)9-17-11/h8-9,16H,3-7H2,1-2H3,(H,13,15). The van der Waals surface area contributed by atoms with E-state index in [1.807, 2.05) is 5.38 Å². The van der Waals surface area contributed by atoms with Gasteiger partial charge in [0.1, 0.15) is 0 Å². The van der Waals surface area contributed by atoms with E-state index in [1.54, 1.807) is 6.07 Å². The Morgan fingerprint density at radius 1 is 1.47 bits per heavy atom. The third-order valence-corrected chi connectivity index (χ3v) is 3.87. The molecule has 0 saturated heterocycles. The van der Waals surface area contributed by atoms with Gasteiger partial charge in [-0.2, -0.15) is 0 Å². The first-order valence-electron chi connectivity index (χ1n) is 5.95. The molecule has 0 fully saturated rings. The molecular formula is C12H20N2OS2. The van der Waals surface area contributed by atoms with Crippen molar-refractivity contribution in [1.82, 2.24) is 10.2 Å². The van der Waals surface area contributed by atoms with Gasteiger partial charge in [-0.1, -0.05) is 13.8 Å². The number of thiol groups is 1. The Labute approximate surface area is 113 Å². The van der Waals surface area contributed by atoms with Crippen LogP contribution in [-0.2, 0) is 0 Å². The number of rotatable bonds is 7. The van der Waals surface area contributed by atoms with Crippen LogP contribution in [0, 0.1) is 0 Å². The summed E-state index contributed by atoms with van der Waals surface area (Å²) in [6, 6.07) is 1.80. The van der Waals surface area contributed by atoms with Crippen molar-refractivity contribution in [2.24, 2.45) is 0 Å². The van der Waals surface area contributed by atoms with E-state index in [0.717, 1.165) is 35.8 Å². The second kappa shape index (κ2) is 7.74. The van der Waals surface area contributed by atoms with E-state index in [1.165, 1.54) is 11.3 Å². The first-order chi connectivity index (χ1) is 8.17. The van der Waals surface area contributed by atoms with E-state index in [0.29, 0.717) is 6.54 Å². The van der Waals surface area contributed by atoms with Gasteiger partial charge in [0.25, 0.3) is 5.91 Å². The van der Waals surface area contributed by atoms with Crippen molar-refractivity contribution in [1.29, 1.82) is 0 Å². The molecule has 1 rings (SSSR count). The third kappa shape index (κ3) is 5.10. The van der Waals surface area contributed by atoms with Crippen LogP contribution in [0.3, 0.4) is 0 Å². The average molecular weight is 272 g/mol. The Bertz CT molecular complexity index is 352. The summed E-state index contributed by atoms with van der Waals surface area (Å²) >= 11 is 5.62. The maximum absolute atomic E-state index is 11.7. The van der Waals surface area contributed by atoms with Gasteiger partial charge in [-0.15, -0.1) is 24.0 Å². The fourth-order valence-corrected chi connectivity index (χ4v) is 2.67. The number of nitrogens with zero attached hydrogens (tertiary/aromatic N) is 1. The molecule has 3 nitrogen and oxygen atoms in total. The molecule has 0 aliphatic rings. The SMILES string of the molecule is CCCN(CC)CCNC(=O)c1cc(S)cs1. The molecule has 0 atom stereocenters. The zero-order chi connectivity index (χ0) is 12.7. The number of hydrogen-bond acceptors (Lipinski definition) is 4. The topological polar surface area (TPSA) is 32.3 Å². The molecule has 1 heterocycles. The van der Waals surface area contributed by atoms with Crippen molar-refractivity contribution >= 4 is 29.9 Å². The quantitative estimate of drug-likeness (QED) is 0.748. The van der Waals surface area contributed by atoms with E-state index in [-0.39, 0.29) is 5.91 Å². The van der Waals surface area contributed by atoms with E-state index in [9.17, 15) is 4.79 Å². The van der Waals surface area contributed by atoms with E-state index < -0.39 is 0 Å². The lowest BCUT2D eigenvalue weighted by Crippen LogP contribution is -2.35. The lowest BCUT2D eigenvalue weighted by Gasteiger charge is -2.19. The fourth-order valence-electron chi connectivity index (χ4n) is 1.60. The van der Waals surface area contributed by atoms with Crippen molar-refractivity contribution in [3.63, 3.8) is 0 Å². The third-order valence-electron chi connectivity index (χ3n) is 2.51. The predicted octanol–water partition coefficient (Wildman–Crippen LogP) is 2.50. The zero-order valence-corrected chi connectivity index (χ0v) is 12.1. The van der Waals surface area contributed by atoms with Crippen molar-refractivity contribution in [2.75, 3.05) is 26.2 Å². The van der Waals surface area contributed by atoms with Crippen molar-refractivity contribution < 1.29 is 4.79 Å². The van der Waals surface area contributed by atoms with Gasteiger partial charge in [0.05, 0.1) is 4.88 Å². The molecule has 0 aromatic carbocycles. The molecule has 0 saturated carbocycles. The highest BCUT2D eigenvalue weighted by Gasteiger charge is 2.08. The van der Waals surface area contributed by atoms with Crippen LogP contribution in [0.25, 0.3) is 0 Å². The highest BCUT2D eigenvalue weighted by Crippen LogP contribution is 2.17. The molecule has 0 aliphatic heterocycles. The number of nitrogens with one attached hydrogen (secondary N) is 1. The van der Waals surface area contributed by atoms with Gasteiger partial charge in [0.2, 0.25) is 0 Å². The van der Waals surface area contributed by atoms with Crippen LogP contribution in [0.5, 0.6) is 0 Å². The number of carbonyl (C=O) groups is 1. The fraction of sp³-hybridized carbons (Fsp3) is 0.583. The summed E-state index contributed by atoms with van der Waals surface area (Å²) in [7, 11) is 0. The lowest BCUT2D eigenvalue weighted by atomic mass is 10.4. The number of amides is 1. The average Bonchev–Trinajstić information content (AvgIpc) is 2.74. The highest BCUT2D eigenvalue weighted by molar-refractivity contribution is 7.80. The molecule has 0 bridgehead atoms. The van der Waals surface area contributed by atoms with Crippen LogP contribution in [0.4, 0.5) is 0 Å². The monoisotopic (exact) mass is 272 g/mol. The summed E-state index contributed by atoms with van der Waals surface area (Å²) in [5.41, 5.74) is 0. The largest absolute Gasteiger partial charge is 0.350 e. The Morgan fingerprint density at radius 3 is 2.76 bits per heavy atom. The molecule has 1 N–H and O–H groups in total. The molecule has 0 spiro atoms. The van der Waals surface area contributed by atoms with Crippen molar-refractivity contribution in [3.8, 4) is 0 Å². The van der Waals surface area contributed by atoms with Gasteiger partial charge in [-0.25, -0.2) is 0 Å². The van der Waals surface area contributed by atoms with Crippen LogP contribution in [0.1, 0.15) is 29.9 Å². The molecule has 1 aromatic rings. The second-order valence-corrected chi connectivity index (χ2v) is 5.29. The predicted molar refractivity (Wildman–Crippen MR) is 76.3 cm³/mol. The number of hydrogen-bond donors (Lipinski definition) is 2. The summed E-state index contributed by atoms with van der Waals surface area (Å²) in [4.78, 5) is 15.6. The first kappa shape index (κ1) is 14.5. The maximum atomic E-state index is 11.7. The van der Waals surface area contributed by atoms with Gasteiger partial charge in [0.15, 0.2) is 0 Å². The molecule has 5 heteroatoms. The van der Waals surface area contributed by atoms with E-state index in [4.69, 9.17) is 0 Å². The summed E-state index contributed by atoms with van der Waals surface area (Å²) in [5, 5.41) is 4.80. The smallest absolute Gasteiger partial charge is 0.261 e. The molecule has 96 valence electrons. The van der Waals surface area contributed by atoms with Crippen molar-refractivity contribution in [2.45, 2.75) is 25.2 Å². The number of likely N-dealkylation sites (N-methyl/N-ethyl adjacent to an activating group) is 1. The van der Waals surface area contributed by atoms with Crippen LogP contribution in [0.15, 0.2) is 16.3 Å². The minimum atomic E-state index is 0.00264. The van der Waals surface area contributed by atoms with Crippen LogP contribution in [-0.4, -0.2) is 37.0 Å². The first-order valence-corrected chi connectivity index (χ1v) is 7.28. The van der Waals surface area contributed by atoms with E-state index in [2.05, 4.69) is 36.7 Å². The molecule has 0 radical (unpaired) electrons. The second-order valence-electron chi connectivity index (χ2n) is 3.86. The summed E-state index contributed by atoms with van der Waals surface area (Å²) in [5.74, 6) is 0.00264. The molecular weight excluding hydrogens is 252 g/mol. The number of carbonyl (C=O) groups excluding carboxylic acids is 1. The van der Waals surface area contributed by atoms with Gasteiger partial charge in [0, 0.05) is 23.4 Å². The normalized spacial score (nSPS) is 10.8. The Kier molecular flexibility index (Phi) is 6.62. The van der Waals surface area contributed by atoms with Crippen molar-refractivity contribution in [3.05, 3.63) is 16.3 Å². The van der Waals surface area contributed by atoms with Crippen LogP contribution >= 0.6 is 24.0 Å². The molecule has 17 heavy (non-hydrogen) atoms. The Morgan fingerprint density at radius 2 is 2.24 bits per heavy atom. The summed E-state index contributed by atoms with van der Waals surface area (Å²) in [6.07, 6.45) is 1.15. The van der Waals surface area contributed by atoms with Gasteiger partial charge < -0.3 is 10.2 Å². The van der Waals surface area contributed by atoms with E-state index >= 15 is 0 Å². The lowest BCUT2D eigenvalue weighted by molar-refractivity contribution is 0.0952. The minimum Gasteiger partial charge on any atom is -0.350 e. The van der Waals surface area contributed by atoms with Crippen LogP contribution in [0.2, 0.25) is 0 Å². The molecule has 1 aromatic heterocycles. The molecule has 0 unspecified atom stereocenters. The van der Waals surface area contributed by atoms with Gasteiger partial charge in [-0.3, -0.25) is 4.79 Å². The summed E-state index contributed by atoms with van der Waals surface area (Å²) in [6.45, 7) is 8.04. The molecule has 1 amide bonds. The highest BCUT2D eigenvalue weighted by atomic mass is 32.1. The maximum Gasteiger partial charge on any atom is 0.261 e. The Balaban J connectivity index is 2.28. The van der Waals surface area contributed by atoms with Crippen LogP contribution < -0.4 is 5.32 Å². The van der Waals surface area contributed by atoms with Gasteiger partial charge in [-0.05, 0) is 25.6 Å². The summed E-state index contributed by atoms with van der Waals surface area (Å²) < 4.78 is 0. The Hall–Kier alpha value is -0.520. The van der Waals surface area contributed by atoms with Gasteiger partial charge >= 0.3 is 0 Å². The molecule has 0 aliphatic carbocycles.